The molecule has 0 saturated carbocycles. The summed E-state index contributed by atoms with van der Waals surface area (Å²) in [6.45, 7) is 2.05. The second-order valence-corrected chi connectivity index (χ2v) is 8.21. The van der Waals surface area contributed by atoms with Gasteiger partial charge < -0.3 is 4.98 Å². The Balaban J connectivity index is 1.78. The average Bonchev–Trinajstić information content (AvgIpc) is 3.24. The zero-order valence-electron chi connectivity index (χ0n) is 16.2. The topological polar surface area (TPSA) is 61.5 Å². The normalized spacial score (nSPS) is 11.1. The summed E-state index contributed by atoms with van der Waals surface area (Å²) < 4.78 is 1.01. The molecule has 3 aromatic carbocycles. The maximum Gasteiger partial charge on any atom is 0.258 e. The molecular weight excluding hydrogens is 438 g/mol. The van der Waals surface area contributed by atoms with Gasteiger partial charge in [-0.25, -0.2) is 0 Å². The molecule has 0 unspecified atom stereocenters. The molecule has 146 valence electrons. The van der Waals surface area contributed by atoms with Gasteiger partial charge >= 0.3 is 0 Å². The first-order chi connectivity index (χ1) is 14.6. The minimum absolute atomic E-state index is 0.154. The van der Waals surface area contributed by atoms with Crippen LogP contribution >= 0.6 is 15.9 Å². The molecule has 0 amide bonds. The first-order valence-electron chi connectivity index (χ1n) is 9.64. The van der Waals surface area contributed by atoms with E-state index in [1.807, 2.05) is 72.8 Å². The molecule has 2 N–H and O–H groups in total. The zero-order valence-corrected chi connectivity index (χ0v) is 17.8. The maximum absolute atomic E-state index is 13.2. The molecule has 0 aliphatic rings. The molecule has 4 nitrogen and oxygen atoms in total. The third-order valence-corrected chi connectivity index (χ3v) is 5.75. The fraction of sp³-hybridized carbons (Fsp3) is 0.0400. The molecule has 0 atom stereocenters. The molecule has 0 fully saturated rings. The van der Waals surface area contributed by atoms with Gasteiger partial charge in [-0.1, -0.05) is 70.0 Å². The Bertz CT molecular complexity index is 1420. The highest BCUT2D eigenvalue weighted by Crippen LogP contribution is 2.35. The molecule has 5 aromatic rings. The Morgan fingerprint density at radius 1 is 0.833 bits per heavy atom. The number of hydrogen-bond acceptors (Lipinski definition) is 2. The molecule has 0 spiro atoms. The number of fused-ring (bicyclic) bond motifs is 1. The molecule has 5 heteroatoms. The van der Waals surface area contributed by atoms with Crippen LogP contribution in [0.25, 0.3) is 44.5 Å². The van der Waals surface area contributed by atoms with Gasteiger partial charge in [-0.15, -0.1) is 0 Å². The first-order valence-corrected chi connectivity index (χ1v) is 10.4. The summed E-state index contributed by atoms with van der Waals surface area (Å²) in [5, 5.41) is 8.60. The van der Waals surface area contributed by atoms with Crippen molar-refractivity contribution in [2.45, 2.75) is 6.92 Å². The van der Waals surface area contributed by atoms with E-state index in [1.165, 1.54) is 0 Å². The Morgan fingerprint density at radius 3 is 2.37 bits per heavy atom. The molecule has 2 aromatic heterocycles. The summed E-state index contributed by atoms with van der Waals surface area (Å²) >= 11 is 3.46. The van der Waals surface area contributed by atoms with E-state index in [1.54, 1.807) is 0 Å². The lowest BCUT2D eigenvalue weighted by Crippen LogP contribution is -2.11. The third-order valence-electron chi connectivity index (χ3n) is 5.22. The van der Waals surface area contributed by atoms with Gasteiger partial charge in [0.05, 0.1) is 17.0 Å². The minimum Gasteiger partial charge on any atom is -0.321 e. The molecule has 0 saturated heterocycles. The lowest BCUT2D eigenvalue weighted by atomic mass is 9.93. The Hall–Kier alpha value is -3.44. The lowest BCUT2D eigenvalue weighted by molar-refractivity contribution is 1.09. The van der Waals surface area contributed by atoms with Crippen molar-refractivity contribution in [1.82, 2.24) is 15.2 Å². The smallest absolute Gasteiger partial charge is 0.258 e. The highest BCUT2D eigenvalue weighted by molar-refractivity contribution is 9.10. The quantitative estimate of drug-likeness (QED) is 0.334. The third kappa shape index (κ3) is 3.27. The van der Waals surface area contributed by atoms with Gasteiger partial charge in [0, 0.05) is 20.9 Å². The van der Waals surface area contributed by atoms with Gasteiger partial charge in [0.1, 0.15) is 0 Å². The summed E-state index contributed by atoms with van der Waals surface area (Å²) in [6, 6.07) is 26.0. The number of hydrogen-bond donors (Lipinski definition) is 2. The number of aryl methyl sites for hydroxylation is 1. The predicted molar refractivity (Wildman–Crippen MR) is 125 cm³/mol. The van der Waals surface area contributed by atoms with Crippen molar-refractivity contribution in [3.8, 4) is 33.6 Å². The number of halogens is 1. The van der Waals surface area contributed by atoms with Gasteiger partial charge in [0.25, 0.3) is 5.56 Å². The number of aromatic amines is 2. The van der Waals surface area contributed by atoms with Gasteiger partial charge in [0.15, 0.2) is 0 Å². The van der Waals surface area contributed by atoms with E-state index >= 15 is 0 Å². The van der Waals surface area contributed by atoms with E-state index in [9.17, 15) is 4.79 Å². The number of H-pyrrole nitrogens is 2. The van der Waals surface area contributed by atoms with E-state index in [2.05, 4.69) is 44.1 Å². The predicted octanol–water partition coefficient (Wildman–Crippen LogP) is 6.32. The number of nitrogens with one attached hydrogen (secondary N) is 2. The highest BCUT2D eigenvalue weighted by Gasteiger charge is 2.19. The van der Waals surface area contributed by atoms with Crippen LogP contribution in [0, 0.1) is 6.92 Å². The SMILES string of the molecule is Cc1ccc2[nH]c(=O)c(-c3cc(-c4ccc(Br)cc4)[nH]n3)c(-c3ccccc3)c2c1. The average molecular weight is 456 g/mol. The largest absolute Gasteiger partial charge is 0.321 e. The van der Waals surface area contributed by atoms with Crippen molar-refractivity contribution < 1.29 is 0 Å². The standard InChI is InChI=1S/C25H18BrN3O/c1-15-7-12-20-19(13-15)23(17-5-3-2-4-6-17)24(25(30)27-20)22-14-21(28-29-22)16-8-10-18(26)11-9-16/h2-14H,1H3,(H,27,30)(H,28,29). The van der Waals surface area contributed by atoms with Crippen LogP contribution in [-0.4, -0.2) is 15.2 Å². The molecular formula is C25H18BrN3O. The number of nitrogens with zero attached hydrogens (tertiary/aromatic N) is 1. The highest BCUT2D eigenvalue weighted by atomic mass is 79.9. The first kappa shape index (κ1) is 18.6. The van der Waals surface area contributed by atoms with E-state index in [0.717, 1.165) is 43.3 Å². The maximum atomic E-state index is 13.2. The van der Waals surface area contributed by atoms with Gasteiger partial charge in [-0.3, -0.25) is 9.89 Å². The summed E-state index contributed by atoms with van der Waals surface area (Å²) in [7, 11) is 0. The van der Waals surface area contributed by atoms with Crippen molar-refractivity contribution in [2.24, 2.45) is 0 Å². The minimum atomic E-state index is -0.154. The molecule has 0 radical (unpaired) electrons. The van der Waals surface area contributed by atoms with E-state index in [-0.39, 0.29) is 5.56 Å². The van der Waals surface area contributed by atoms with Crippen LogP contribution in [-0.2, 0) is 0 Å². The zero-order chi connectivity index (χ0) is 20.7. The Morgan fingerprint density at radius 2 is 1.60 bits per heavy atom. The van der Waals surface area contributed by atoms with Crippen molar-refractivity contribution in [1.29, 1.82) is 0 Å². The van der Waals surface area contributed by atoms with Crippen molar-refractivity contribution in [2.75, 3.05) is 0 Å². The summed E-state index contributed by atoms with van der Waals surface area (Å²) in [4.78, 5) is 16.2. The molecule has 0 aliphatic carbocycles. The van der Waals surface area contributed by atoms with Crippen LogP contribution in [0.3, 0.4) is 0 Å². The van der Waals surface area contributed by atoms with Crippen LogP contribution in [0.4, 0.5) is 0 Å². The fourth-order valence-corrected chi connectivity index (χ4v) is 4.05. The summed E-state index contributed by atoms with van der Waals surface area (Å²) in [6.07, 6.45) is 0. The molecule has 2 heterocycles. The van der Waals surface area contributed by atoms with E-state index in [0.29, 0.717) is 11.3 Å². The summed E-state index contributed by atoms with van der Waals surface area (Å²) in [5.41, 5.74) is 6.74. The number of benzene rings is 3. The van der Waals surface area contributed by atoms with Crippen LogP contribution in [0.2, 0.25) is 0 Å². The Kier molecular flexibility index (Phi) is 4.60. The number of pyridine rings is 1. The van der Waals surface area contributed by atoms with E-state index < -0.39 is 0 Å². The van der Waals surface area contributed by atoms with Crippen LogP contribution in [0.15, 0.2) is 88.1 Å². The van der Waals surface area contributed by atoms with E-state index in [4.69, 9.17) is 0 Å². The van der Waals surface area contributed by atoms with Crippen molar-refractivity contribution in [3.05, 3.63) is 99.3 Å². The molecule has 5 rings (SSSR count). The number of rotatable bonds is 3. The van der Waals surface area contributed by atoms with Crippen LogP contribution in [0.1, 0.15) is 5.56 Å². The molecule has 0 bridgehead atoms. The summed E-state index contributed by atoms with van der Waals surface area (Å²) in [5.74, 6) is 0. The van der Waals surface area contributed by atoms with Gasteiger partial charge in [0.2, 0.25) is 0 Å². The van der Waals surface area contributed by atoms with Crippen LogP contribution < -0.4 is 5.56 Å². The lowest BCUT2D eigenvalue weighted by Gasteiger charge is -2.12. The van der Waals surface area contributed by atoms with Gasteiger partial charge in [-0.05, 0) is 48.4 Å². The fourth-order valence-electron chi connectivity index (χ4n) is 3.78. The van der Waals surface area contributed by atoms with Gasteiger partial charge in [-0.2, -0.15) is 5.10 Å². The second kappa shape index (κ2) is 7.43. The molecule has 30 heavy (non-hydrogen) atoms. The molecule has 0 aliphatic heterocycles. The van der Waals surface area contributed by atoms with Crippen LogP contribution in [0.5, 0.6) is 0 Å². The van der Waals surface area contributed by atoms with Crippen molar-refractivity contribution in [3.63, 3.8) is 0 Å². The number of aromatic nitrogens is 3. The Labute approximate surface area is 181 Å². The monoisotopic (exact) mass is 455 g/mol. The van der Waals surface area contributed by atoms with Crippen molar-refractivity contribution >= 4 is 26.8 Å². The second-order valence-electron chi connectivity index (χ2n) is 7.29.